The number of fused-ring (bicyclic) bond motifs is 1. The van der Waals surface area contributed by atoms with E-state index >= 15 is 0 Å². The van der Waals surface area contributed by atoms with Crippen molar-refractivity contribution in [1.82, 2.24) is 19.1 Å². The molecule has 20 heavy (non-hydrogen) atoms. The van der Waals surface area contributed by atoms with Crippen LogP contribution in [0.4, 0.5) is 0 Å². The zero-order valence-electron chi connectivity index (χ0n) is 11.2. The SMILES string of the molecule is Cc1nnc2n1CCN(S(=O)(=O)Cc1ccccc1)C2. The van der Waals surface area contributed by atoms with Gasteiger partial charge in [0.1, 0.15) is 11.6 Å². The van der Waals surface area contributed by atoms with Gasteiger partial charge in [-0.3, -0.25) is 0 Å². The van der Waals surface area contributed by atoms with Crippen molar-refractivity contribution >= 4 is 10.0 Å². The maximum atomic E-state index is 12.4. The van der Waals surface area contributed by atoms with Crippen LogP contribution in [-0.4, -0.2) is 34.0 Å². The minimum absolute atomic E-state index is 0.0287. The number of sulfonamides is 1. The summed E-state index contributed by atoms with van der Waals surface area (Å²) < 4.78 is 28.3. The molecule has 2 heterocycles. The fourth-order valence-electron chi connectivity index (χ4n) is 2.39. The molecule has 1 aromatic carbocycles. The molecule has 0 spiro atoms. The molecule has 0 aliphatic carbocycles. The third kappa shape index (κ3) is 2.46. The number of benzene rings is 1. The summed E-state index contributed by atoms with van der Waals surface area (Å²) in [4.78, 5) is 0. The number of hydrogen-bond donors (Lipinski definition) is 0. The van der Waals surface area contributed by atoms with Gasteiger partial charge in [0.2, 0.25) is 10.0 Å². The summed E-state index contributed by atoms with van der Waals surface area (Å²) in [5.41, 5.74) is 0.802. The highest BCUT2D eigenvalue weighted by atomic mass is 32.2. The minimum atomic E-state index is -3.32. The van der Waals surface area contributed by atoms with E-state index in [2.05, 4.69) is 10.2 Å². The van der Waals surface area contributed by atoms with Gasteiger partial charge >= 0.3 is 0 Å². The summed E-state index contributed by atoms with van der Waals surface area (Å²) in [5.74, 6) is 1.58. The Kier molecular flexibility index (Phi) is 3.31. The maximum Gasteiger partial charge on any atom is 0.218 e. The van der Waals surface area contributed by atoms with Crippen molar-refractivity contribution in [3.8, 4) is 0 Å². The van der Waals surface area contributed by atoms with Crippen molar-refractivity contribution in [2.75, 3.05) is 6.54 Å². The lowest BCUT2D eigenvalue weighted by atomic mass is 10.2. The predicted molar refractivity (Wildman–Crippen MR) is 74.2 cm³/mol. The first-order valence-corrected chi connectivity index (χ1v) is 8.07. The van der Waals surface area contributed by atoms with Gasteiger partial charge < -0.3 is 4.57 Å². The van der Waals surface area contributed by atoms with Crippen LogP contribution in [0, 0.1) is 6.92 Å². The van der Waals surface area contributed by atoms with Gasteiger partial charge in [-0.15, -0.1) is 10.2 Å². The first-order valence-electron chi connectivity index (χ1n) is 6.47. The summed E-state index contributed by atoms with van der Waals surface area (Å²) in [7, 11) is -3.32. The Labute approximate surface area is 118 Å². The van der Waals surface area contributed by atoms with Crippen molar-refractivity contribution in [3.63, 3.8) is 0 Å². The number of hydrogen-bond acceptors (Lipinski definition) is 4. The molecule has 0 N–H and O–H groups in total. The highest BCUT2D eigenvalue weighted by molar-refractivity contribution is 7.88. The molecule has 1 aromatic heterocycles. The average molecular weight is 292 g/mol. The summed E-state index contributed by atoms with van der Waals surface area (Å²) in [6.07, 6.45) is 0. The van der Waals surface area contributed by atoms with E-state index in [9.17, 15) is 8.42 Å². The molecule has 106 valence electrons. The highest BCUT2D eigenvalue weighted by Crippen LogP contribution is 2.18. The summed E-state index contributed by atoms with van der Waals surface area (Å²) in [5, 5.41) is 8.02. The van der Waals surface area contributed by atoms with E-state index in [0.717, 1.165) is 11.4 Å². The molecule has 0 saturated heterocycles. The van der Waals surface area contributed by atoms with Crippen molar-refractivity contribution in [2.24, 2.45) is 0 Å². The van der Waals surface area contributed by atoms with Crippen molar-refractivity contribution < 1.29 is 8.42 Å². The zero-order chi connectivity index (χ0) is 14.2. The van der Waals surface area contributed by atoms with Gasteiger partial charge in [0.15, 0.2) is 0 Å². The van der Waals surface area contributed by atoms with Gasteiger partial charge in [0.05, 0.1) is 12.3 Å². The third-order valence-corrected chi connectivity index (χ3v) is 5.29. The standard InChI is InChI=1S/C13H16N4O2S/c1-11-14-15-13-9-16(7-8-17(11)13)20(18,19)10-12-5-3-2-4-6-12/h2-6H,7-10H2,1H3. The minimum Gasteiger partial charge on any atom is -0.313 e. The van der Waals surface area contributed by atoms with Crippen LogP contribution in [0.25, 0.3) is 0 Å². The molecule has 0 atom stereocenters. The molecule has 1 aliphatic heterocycles. The van der Waals surface area contributed by atoms with E-state index < -0.39 is 10.0 Å². The molecule has 0 bridgehead atoms. The van der Waals surface area contributed by atoms with E-state index in [1.165, 1.54) is 4.31 Å². The van der Waals surface area contributed by atoms with Gasteiger partial charge in [-0.25, -0.2) is 8.42 Å². The first kappa shape index (κ1) is 13.3. The monoisotopic (exact) mass is 292 g/mol. The van der Waals surface area contributed by atoms with Crippen LogP contribution in [0.15, 0.2) is 30.3 Å². The second kappa shape index (κ2) is 4.99. The van der Waals surface area contributed by atoms with Crippen LogP contribution < -0.4 is 0 Å². The van der Waals surface area contributed by atoms with Crippen LogP contribution in [0.5, 0.6) is 0 Å². The van der Waals surface area contributed by atoms with Gasteiger partial charge in [-0.05, 0) is 12.5 Å². The lowest BCUT2D eigenvalue weighted by Gasteiger charge is -2.26. The Morgan fingerprint density at radius 1 is 1.15 bits per heavy atom. The maximum absolute atomic E-state index is 12.4. The van der Waals surface area contributed by atoms with E-state index in [1.807, 2.05) is 41.8 Å². The van der Waals surface area contributed by atoms with Crippen molar-refractivity contribution in [3.05, 3.63) is 47.5 Å². The Morgan fingerprint density at radius 2 is 1.90 bits per heavy atom. The van der Waals surface area contributed by atoms with Crippen LogP contribution in [0.3, 0.4) is 0 Å². The van der Waals surface area contributed by atoms with Gasteiger partial charge in [-0.2, -0.15) is 4.31 Å². The van der Waals surface area contributed by atoms with Crippen LogP contribution in [0.1, 0.15) is 17.2 Å². The Hall–Kier alpha value is -1.73. The molecule has 0 radical (unpaired) electrons. The molecule has 0 fully saturated rings. The number of rotatable bonds is 3. The van der Waals surface area contributed by atoms with E-state index in [4.69, 9.17) is 0 Å². The van der Waals surface area contributed by atoms with Gasteiger partial charge in [0, 0.05) is 13.1 Å². The molecular formula is C13H16N4O2S. The lowest BCUT2D eigenvalue weighted by molar-refractivity contribution is 0.333. The van der Waals surface area contributed by atoms with E-state index in [-0.39, 0.29) is 5.75 Å². The predicted octanol–water partition coefficient (Wildman–Crippen LogP) is 0.932. The molecule has 3 rings (SSSR count). The fourth-order valence-corrected chi connectivity index (χ4v) is 3.86. The summed E-state index contributed by atoms with van der Waals surface area (Å²) in [6.45, 7) is 3.27. The van der Waals surface area contributed by atoms with Crippen molar-refractivity contribution in [1.29, 1.82) is 0 Å². The second-order valence-corrected chi connectivity index (χ2v) is 6.86. The Balaban J connectivity index is 1.80. The summed E-state index contributed by atoms with van der Waals surface area (Å²) in [6, 6.07) is 9.23. The van der Waals surface area contributed by atoms with Gasteiger partial charge in [-0.1, -0.05) is 30.3 Å². The first-order chi connectivity index (χ1) is 9.56. The smallest absolute Gasteiger partial charge is 0.218 e. The van der Waals surface area contributed by atoms with E-state index in [0.29, 0.717) is 25.5 Å². The number of aryl methyl sites for hydroxylation is 1. The fraction of sp³-hybridized carbons (Fsp3) is 0.385. The molecule has 0 saturated carbocycles. The number of aromatic nitrogens is 3. The Bertz CT molecular complexity index is 709. The van der Waals surface area contributed by atoms with Crippen molar-refractivity contribution in [2.45, 2.75) is 25.8 Å². The van der Waals surface area contributed by atoms with E-state index in [1.54, 1.807) is 0 Å². The normalized spacial score (nSPS) is 16.1. The largest absolute Gasteiger partial charge is 0.313 e. The highest BCUT2D eigenvalue weighted by Gasteiger charge is 2.28. The third-order valence-electron chi connectivity index (χ3n) is 3.49. The van der Waals surface area contributed by atoms with Crippen LogP contribution >= 0.6 is 0 Å². The zero-order valence-corrected chi connectivity index (χ0v) is 12.0. The molecular weight excluding hydrogens is 276 g/mol. The van der Waals surface area contributed by atoms with Crippen LogP contribution in [-0.2, 0) is 28.9 Å². The lowest BCUT2D eigenvalue weighted by Crippen LogP contribution is -2.39. The van der Waals surface area contributed by atoms with Crippen LogP contribution in [0.2, 0.25) is 0 Å². The topological polar surface area (TPSA) is 68.1 Å². The molecule has 0 unspecified atom stereocenters. The molecule has 6 nitrogen and oxygen atoms in total. The van der Waals surface area contributed by atoms with Gasteiger partial charge in [0.25, 0.3) is 0 Å². The Morgan fingerprint density at radius 3 is 2.65 bits per heavy atom. The average Bonchev–Trinajstić information content (AvgIpc) is 2.81. The summed E-state index contributed by atoms with van der Waals surface area (Å²) >= 11 is 0. The second-order valence-electron chi connectivity index (χ2n) is 4.89. The number of nitrogens with zero attached hydrogens (tertiary/aromatic N) is 4. The molecule has 0 amide bonds. The molecule has 7 heteroatoms. The molecule has 2 aromatic rings. The molecule has 1 aliphatic rings. The quantitative estimate of drug-likeness (QED) is 0.844.